The van der Waals surface area contributed by atoms with Crippen molar-refractivity contribution in [1.82, 2.24) is 9.88 Å². The van der Waals surface area contributed by atoms with Crippen molar-refractivity contribution in [2.75, 3.05) is 0 Å². The number of fused-ring (bicyclic) bond motifs is 1. The molecule has 0 aliphatic carbocycles. The van der Waals surface area contributed by atoms with Gasteiger partial charge in [-0.15, -0.1) is 0 Å². The smallest absolute Gasteiger partial charge is 0.221 e. The van der Waals surface area contributed by atoms with Gasteiger partial charge >= 0.3 is 0 Å². The minimum Gasteiger partial charge on any atom is -0.467 e. The molecule has 0 aliphatic rings. The molecule has 0 radical (unpaired) electrons. The third-order valence-electron chi connectivity index (χ3n) is 5.44. The number of hydrogen-bond donors (Lipinski definition) is 1. The largest absolute Gasteiger partial charge is 0.467 e. The number of nitrogens with one attached hydrogen (secondary N) is 1. The molecule has 1 atom stereocenters. The number of rotatable bonds is 7. The summed E-state index contributed by atoms with van der Waals surface area (Å²) in [5.41, 5.74) is 4.77. The lowest BCUT2D eigenvalue weighted by Crippen LogP contribution is -2.24. The SMILES string of the molecule is CCn1cc([C@H](CC(=O)NCc2ccco2)c2ccc(C)cc2)c2ccccc21. The highest BCUT2D eigenvalue weighted by molar-refractivity contribution is 5.86. The molecule has 2 aromatic heterocycles. The maximum atomic E-state index is 12.8. The first kappa shape index (κ1) is 19.1. The number of benzene rings is 2. The van der Waals surface area contributed by atoms with Gasteiger partial charge in [0, 0.05) is 36.0 Å². The Morgan fingerprint density at radius 2 is 1.86 bits per heavy atom. The Balaban J connectivity index is 1.67. The van der Waals surface area contributed by atoms with Crippen molar-refractivity contribution < 1.29 is 9.21 Å². The number of furan rings is 1. The molecule has 0 fully saturated rings. The van der Waals surface area contributed by atoms with Gasteiger partial charge in [-0.3, -0.25) is 4.79 Å². The fourth-order valence-corrected chi connectivity index (χ4v) is 3.88. The van der Waals surface area contributed by atoms with Crippen molar-refractivity contribution in [1.29, 1.82) is 0 Å². The maximum Gasteiger partial charge on any atom is 0.221 e. The second-order valence-electron chi connectivity index (χ2n) is 7.41. The van der Waals surface area contributed by atoms with Crippen LogP contribution in [-0.4, -0.2) is 10.5 Å². The molecule has 2 heterocycles. The van der Waals surface area contributed by atoms with Crippen LogP contribution >= 0.6 is 0 Å². The van der Waals surface area contributed by atoms with Crippen molar-refractivity contribution in [3.8, 4) is 0 Å². The molecule has 4 aromatic rings. The van der Waals surface area contributed by atoms with Crippen LogP contribution < -0.4 is 5.32 Å². The predicted octanol–water partition coefficient (Wildman–Crippen LogP) is 5.40. The molecule has 4 nitrogen and oxygen atoms in total. The number of para-hydroxylation sites is 1. The van der Waals surface area contributed by atoms with Gasteiger partial charge in [-0.1, -0.05) is 48.0 Å². The van der Waals surface area contributed by atoms with E-state index in [4.69, 9.17) is 4.42 Å². The van der Waals surface area contributed by atoms with Gasteiger partial charge in [-0.25, -0.2) is 0 Å². The summed E-state index contributed by atoms with van der Waals surface area (Å²) in [6.07, 6.45) is 4.21. The molecule has 0 saturated carbocycles. The summed E-state index contributed by atoms with van der Waals surface area (Å²) in [6, 6.07) is 20.6. The van der Waals surface area contributed by atoms with Crippen LogP contribution in [0.1, 0.15) is 41.7 Å². The number of aromatic nitrogens is 1. The van der Waals surface area contributed by atoms with Crippen molar-refractivity contribution in [3.63, 3.8) is 0 Å². The standard InChI is InChI=1S/C25H26N2O2/c1-3-27-17-23(21-8-4-5-9-24(21)27)22(19-12-10-18(2)11-13-19)15-25(28)26-16-20-7-6-14-29-20/h4-14,17,22H,3,15-16H2,1-2H3,(H,26,28)/t22-/m1/s1. The van der Waals surface area contributed by atoms with Crippen molar-refractivity contribution in [2.45, 2.75) is 39.3 Å². The molecule has 148 valence electrons. The summed E-state index contributed by atoms with van der Waals surface area (Å²) < 4.78 is 7.59. The molecule has 0 bridgehead atoms. The van der Waals surface area contributed by atoms with Gasteiger partial charge in [-0.2, -0.15) is 0 Å². The lowest BCUT2D eigenvalue weighted by atomic mass is 9.87. The molecular weight excluding hydrogens is 360 g/mol. The normalized spacial score (nSPS) is 12.2. The fraction of sp³-hybridized carbons (Fsp3) is 0.240. The molecule has 0 saturated heterocycles. The van der Waals surface area contributed by atoms with Crippen LogP contribution in [0.25, 0.3) is 10.9 Å². The summed E-state index contributed by atoms with van der Waals surface area (Å²) in [4.78, 5) is 12.8. The Labute approximate surface area is 171 Å². The van der Waals surface area contributed by atoms with Crippen LogP contribution in [0.3, 0.4) is 0 Å². The van der Waals surface area contributed by atoms with E-state index < -0.39 is 0 Å². The fourth-order valence-electron chi connectivity index (χ4n) is 3.88. The van der Waals surface area contributed by atoms with Crippen LogP contribution in [0, 0.1) is 6.92 Å². The number of carbonyl (C=O) groups excluding carboxylic acids is 1. The minimum absolute atomic E-state index is 0.00935. The van der Waals surface area contributed by atoms with E-state index in [0.717, 1.165) is 17.9 Å². The minimum atomic E-state index is -0.00935. The molecule has 4 heteroatoms. The van der Waals surface area contributed by atoms with E-state index in [1.165, 1.54) is 22.0 Å². The maximum absolute atomic E-state index is 12.8. The molecule has 1 amide bonds. The van der Waals surface area contributed by atoms with Crippen LogP contribution in [0.2, 0.25) is 0 Å². The Morgan fingerprint density at radius 1 is 1.07 bits per heavy atom. The highest BCUT2D eigenvalue weighted by atomic mass is 16.3. The number of nitrogens with zero attached hydrogens (tertiary/aromatic N) is 1. The molecule has 0 unspecified atom stereocenters. The molecule has 29 heavy (non-hydrogen) atoms. The van der Waals surface area contributed by atoms with Crippen LogP contribution in [-0.2, 0) is 17.9 Å². The van der Waals surface area contributed by atoms with E-state index >= 15 is 0 Å². The van der Waals surface area contributed by atoms with Crippen LogP contribution in [0.4, 0.5) is 0 Å². The van der Waals surface area contributed by atoms with Gasteiger partial charge in [0.2, 0.25) is 5.91 Å². The zero-order chi connectivity index (χ0) is 20.2. The first-order valence-electron chi connectivity index (χ1n) is 10.1. The van der Waals surface area contributed by atoms with Crippen molar-refractivity contribution >= 4 is 16.8 Å². The van der Waals surface area contributed by atoms with E-state index in [9.17, 15) is 4.79 Å². The van der Waals surface area contributed by atoms with Crippen LogP contribution in [0.5, 0.6) is 0 Å². The van der Waals surface area contributed by atoms with E-state index in [1.54, 1.807) is 6.26 Å². The Hall–Kier alpha value is -3.27. The Morgan fingerprint density at radius 3 is 2.59 bits per heavy atom. The van der Waals surface area contributed by atoms with E-state index in [-0.39, 0.29) is 11.8 Å². The van der Waals surface area contributed by atoms with Gasteiger partial charge in [0.15, 0.2) is 0 Å². The second kappa shape index (κ2) is 8.39. The molecule has 2 aromatic carbocycles. The summed E-state index contributed by atoms with van der Waals surface area (Å²) in [6.45, 7) is 5.53. The quantitative estimate of drug-likeness (QED) is 0.462. The highest BCUT2D eigenvalue weighted by Crippen LogP contribution is 2.35. The van der Waals surface area contributed by atoms with Gasteiger partial charge < -0.3 is 14.3 Å². The number of hydrogen-bond acceptors (Lipinski definition) is 2. The summed E-state index contributed by atoms with van der Waals surface area (Å²) in [7, 11) is 0. The number of amides is 1. The highest BCUT2D eigenvalue weighted by Gasteiger charge is 2.22. The second-order valence-corrected chi connectivity index (χ2v) is 7.41. The van der Waals surface area contributed by atoms with Gasteiger partial charge in [0.25, 0.3) is 0 Å². The predicted molar refractivity (Wildman–Crippen MR) is 116 cm³/mol. The molecular formula is C25H26N2O2. The van der Waals surface area contributed by atoms with E-state index in [2.05, 4.69) is 78.5 Å². The zero-order valence-corrected chi connectivity index (χ0v) is 16.9. The van der Waals surface area contributed by atoms with Crippen molar-refractivity contribution in [3.05, 3.63) is 95.6 Å². The third-order valence-corrected chi connectivity index (χ3v) is 5.44. The zero-order valence-electron chi connectivity index (χ0n) is 16.9. The molecule has 0 aliphatic heterocycles. The number of aryl methyl sites for hydroxylation is 2. The number of carbonyl (C=O) groups is 1. The van der Waals surface area contributed by atoms with Crippen LogP contribution in [0.15, 0.2) is 77.5 Å². The Bertz CT molecular complexity index is 1090. The first-order valence-corrected chi connectivity index (χ1v) is 10.1. The van der Waals surface area contributed by atoms with E-state index in [0.29, 0.717) is 13.0 Å². The lowest BCUT2D eigenvalue weighted by molar-refractivity contribution is -0.121. The summed E-state index contributed by atoms with van der Waals surface area (Å²) in [5.74, 6) is 0.762. The average molecular weight is 386 g/mol. The van der Waals surface area contributed by atoms with E-state index in [1.807, 2.05) is 12.1 Å². The van der Waals surface area contributed by atoms with Gasteiger partial charge in [0.1, 0.15) is 5.76 Å². The average Bonchev–Trinajstić information content (AvgIpc) is 3.39. The van der Waals surface area contributed by atoms with Crippen molar-refractivity contribution in [2.24, 2.45) is 0 Å². The monoisotopic (exact) mass is 386 g/mol. The summed E-state index contributed by atoms with van der Waals surface area (Å²) in [5, 5.41) is 4.20. The summed E-state index contributed by atoms with van der Waals surface area (Å²) >= 11 is 0. The van der Waals surface area contributed by atoms with Gasteiger partial charge in [-0.05, 0) is 43.2 Å². The topological polar surface area (TPSA) is 47.2 Å². The molecule has 0 spiro atoms. The van der Waals surface area contributed by atoms with Gasteiger partial charge in [0.05, 0.1) is 12.8 Å². The lowest BCUT2D eigenvalue weighted by Gasteiger charge is -2.17. The first-order chi connectivity index (χ1) is 14.2. The Kier molecular flexibility index (Phi) is 5.52. The third kappa shape index (κ3) is 4.11. The molecule has 4 rings (SSSR count). The molecule has 1 N–H and O–H groups in total.